The molecule has 3 nitrogen and oxygen atoms in total. The molecule has 0 unspecified atom stereocenters. The summed E-state index contributed by atoms with van der Waals surface area (Å²) in [5, 5.41) is 8.62. The quantitative estimate of drug-likeness (QED) is 0.677. The minimum absolute atomic E-state index is 0.782. The van der Waals surface area contributed by atoms with Gasteiger partial charge in [0, 0.05) is 34.0 Å². The highest BCUT2D eigenvalue weighted by Crippen LogP contribution is 2.33. The number of aromatic amines is 1. The number of benzene rings is 2. The van der Waals surface area contributed by atoms with Gasteiger partial charge in [0.15, 0.2) is 0 Å². The zero-order chi connectivity index (χ0) is 18.3. The Morgan fingerprint density at radius 1 is 1.15 bits per heavy atom. The molecule has 4 rings (SSSR count). The summed E-state index contributed by atoms with van der Waals surface area (Å²) < 4.78 is 0. The lowest BCUT2D eigenvalue weighted by Crippen LogP contribution is -2.29. The van der Waals surface area contributed by atoms with Crippen molar-refractivity contribution in [3.63, 3.8) is 0 Å². The second kappa shape index (κ2) is 6.65. The van der Waals surface area contributed by atoms with Crippen LogP contribution in [-0.2, 0) is 13.0 Å². The van der Waals surface area contributed by atoms with Gasteiger partial charge in [-0.15, -0.1) is 0 Å². The van der Waals surface area contributed by atoms with Gasteiger partial charge in [-0.05, 0) is 31.9 Å². The Kier molecular flexibility index (Phi) is 4.33. The van der Waals surface area contributed by atoms with E-state index in [1.807, 2.05) is 19.1 Å². The summed E-state index contributed by atoms with van der Waals surface area (Å²) in [6, 6.07) is 14.6. The second-order valence-electron chi connectivity index (χ2n) is 6.93. The highest BCUT2D eigenvalue weighted by Gasteiger charge is 2.24. The molecule has 26 heavy (non-hydrogen) atoms. The zero-order valence-electron chi connectivity index (χ0n) is 15.1. The van der Waals surface area contributed by atoms with Gasteiger partial charge in [-0.25, -0.2) is 0 Å². The van der Waals surface area contributed by atoms with E-state index in [-0.39, 0.29) is 0 Å². The van der Waals surface area contributed by atoms with Crippen LogP contribution in [0, 0.1) is 13.8 Å². The molecule has 0 amide bonds. The van der Waals surface area contributed by atoms with E-state index in [1.165, 1.54) is 22.4 Å². The van der Waals surface area contributed by atoms with Crippen LogP contribution in [0.2, 0.25) is 5.02 Å². The highest BCUT2D eigenvalue weighted by molar-refractivity contribution is 6.31. The van der Waals surface area contributed by atoms with Gasteiger partial charge in [-0.3, -0.25) is 5.10 Å². The van der Waals surface area contributed by atoms with Gasteiger partial charge in [0.25, 0.3) is 0 Å². The number of aryl methyl sites for hydroxylation is 1. The Labute approximate surface area is 159 Å². The van der Waals surface area contributed by atoms with Crippen molar-refractivity contribution in [2.45, 2.75) is 26.8 Å². The van der Waals surface area contributed by atoms with Crippen molar-refractivity contribution in [2.24, 2.45) is 0 Å². The smallest absolute Gasteiger partial charge is 0.0956 e. The lowest BCUT2D eigenvalue weighted by molar-refractivity contribution is 0.369. The van der Waals surface area contributed by atoms with Gasteiger partial charge in [-0.1, -0.05) is 60.1 Å². The van der Waals surface area contributed by atoms with Crippen LogP contribution in [0.4, 0.5) is 0 Å². The van der Waals surface area contributed by atoms with Crippen LogP contribution < -0.4 is 0 Å². The van der Waals surface area contributed by atoms with Crippen molar-refractivity contribution >= 4 is 17.3 Å². The Hall–Kier alpha value is -2.52. The minimum Gasteiger partial charge on any atom is -0.365 e. The van der Waals surface area contributed by atoms with Gasteiger partial charge < -0.3 is 4.90 Å². The summed E-state index contributed by atoms with van der Waals surface area (Å²) in [7, 11) is 0. The van der Waals surface area contributed by atoms with Crippen LogP contribution in [0.5, 0.6) is 0 Å². The van der Waals surface area contributed by atoms with E-state index in [2.05, 4.69) is 58.9 Å². The number of nitrogens with zero attached hydrogens (tertiary/aromatic N) is 2. The maximum Gasteiger partial charge on any atom is 0.0956 e. The highest BCUT2D eigenvalue weighted by atomic mass is 35.5. The number of rotatable bonds is 3. The monoisotopic (exact) mass is 363 g/mol. The van der Waals surface area contributed by atoms with Crippen LogP contribution in [0.1, 0.15) is 27.9 Å². The first kappa shape index (κ1) is 16.9. The fourth-order valence-electron chi connectivity index (χ4n) is 3.59. The molecule has 1 aliphatic heterocycles. The summed E-state index contributed by atoms with van der Waals surface area (Å²) >= 11 is 6.28. The summed E-state index contributed by atoms with van der Waals surface area (Å²) in [5.74, 6) is 0. The standard InChI is InChI=1S/C22H22ClN3/c1-14-7-9-17(10-8-14)22-19-11-12-26(13-21(19)24-25-22)16(3)18-5-4-6-20(23)15(18)2/h4-10H,3,11-13H2,1-2H3,(H,24,25). The third-order valence-electron chi connectivity index (χ3n) is 5.22. The van der Waals surface area contributed by atoms with E-state index in [4.69, 9.17) is 11.6 Å². The van der Waals surface area contributed by atoms with E-state index in [0.717, 1.165) is 47.1 Å². The summed E-state index contributed by atoms with van der Waals surface area (Å²) in [5.41, 5.74) is 9.21. The first-order valence-electron chi connectivity index (χ1n) is 8.87. The van der Waals surface area contributed by atoms with Crippen LogP contribution in [0.3, 0.4) is 0 Å². The molecule has 0 spiro atoms. The predicted molar refractivity (Wildman–Crippen MR) is 108 cm³/mol. The molecule has 1 aliphatic rings. The third-order valence-corrected chi connectivity index (χ3v) is 5.63. The van der Waals surface area contributed by atoms with Crippen molar-refractivity contribution in [3.8, 4) is 11.3 Å². The van der Waals surface area contributed by atoms with Crippen molar-refractivity contribution in [2.75, 3.05) is 6.54 Å². The van der Waals surface area contributed by atoms with E-state index in [9.17, 15) is 0 Å². The molecular weight excluding hydrogens is 342 g/mol. The molecule has 1 aromatic heterocycles. The number of nitrogens with one attached hydrogen (secondary N) is 1. The molecule has 0 atom stereocenters. The molecule has 132 valence electrons. The van der Waals surface area contributed by atoms with Crippen LogP contribution >= 0.6 is 11.6 Å². The molecule has 2 heterocycles. The number of halogens is 1. The van der Waals surface area contributed by atoms with Crippen molar-refractivity contribution in [3.05, 3.63) is 82.0 Å². The molecule has 0 fully saturated rings. The molecule has 0 aliphatic carbocycles. The third kappa shape index (κ3) is 2.93. The van der Waals surface area contributed by atoms with Crippen molar-refractivity contribution < 1.29 is 0 Å². The van der Waals surface area contributed by atoms with E-state index in [1.54, 1.807) is 0 Å². The SMILES string of the molecule is C=C(c1cccc(Cl)c1C)N1CCc2c(-c3ccc(C)cc3)n[nH]c2C1. The Morgan fingerprint density at radius 3 is 2.69 bits per heavy atom. The Bertz CT molecular complexity index is 970. The van der Waals surface area contributed by atoms with Gasteiger partial charge in [0.2, 0.25) is 0 Å². The largest absolute Gasteiger partial charge is 0.365 e. The van der Waals surface area contributed by atoms with Crippen molar-refractivity contribution in [1.82, 2.24) is 15.1 Å². The maximum absolute atomic E-state index is 6.28. The van der Waals surface area contributed by atoms with Crippen LogP contribution in [0.25, 0.3) is 17.0 Å². The molecule has 0 saturated heterocycles. The fraction of sp³-hybridized carbons (Fsp3) is 0.227. The molecule has 3 aromatic rings. The molecule has 4 heteroatoms. The minimum atomic E-state index is 0.782. The molecular formula is C22H22ClN3. The molecule has 1 N–H and O–H groups in total. The normalized spacial score (nSPS) is 13.6. The van der Waals surface area contributed by atoms with Crippen LogP contribution in [0.15, 0.2) is 49.0 Å². The fourth-order valence-corrected chi connectivity index (χ4v) is 3.76. The van der Waals surface area contributed by atoms with Gasteiger partial charge >= 0.3 is 0 Å². The Morgan fingerprint density at radius 2 is 1.92 bits per heavy atom. The topological polar surface area (TPSA) is 31.9 Å². The lowest BCUT2D eigenvalue weighted by atomic mass is 9.98. The Balaban J connectivity index is 1.60. The zero-order valence-corrected chi connectivity index (χ0v) is 15.9. The number of H-pyrrole nitrogens is 1. The number of fused-ring (bicyclic) bond motifs is 1. The molecule has 0 saturated carbocycles. The van der Waals surface area contributed by atoms with Crippen molar-refractivity contribution in [1.29, 1.82) is 0 Å². The van der Waals surface area contributed by atoms with E-state index in [0.29, 0.717) is 0 Å². The summed E-state index contributed by atoms with van der Waals surface area (Å²) in [6.07, 6.45) is 0.952. The number of aromatic nitrogens is 2. The number of hydrogen-bond acceptors (Lipinski definition) is 2. The van der Waals surface area contributed by atoms with Crippen LogP contribution in [-0.4, -0.2) is 21.6 Å². The average molecular weight is 364 g/mol. The van der Waals surface area contributed by atoms with Gasteiger partial charge in [0.05, 0.1) is 17.9 Å². The molecule has 2 aromatic carbocycles. The lowest BCUT2D eigenvalue weighted by Gasteiger charge is -2.31. The first-order chi connectivity index (χ1) is 12.5. The van der Waals surface area contributed by atoms with E-state index >= 15 is 0 Å². The molecule has 0 radical (unpaired) electrons. The van der Waals surface area contributed by atoms with Gasteiger partial charge in [-0.2, -0.15) is 5.10 Å². The average Bonchev–Trinajstić information content (AvgIpc) is 3.07. The summed E-state index contributed by atoms with van der Waals surface area (Å²) in [6.45, 7) is 10.2. The molecule has 0 bridgehead atoms. The number of hydrogen-bond donors (Lipinski definition) is 1. The van der Waals surface area contributed by atoms with Gasteiger partial charge in [0.1, 0.15) is 0 Å². The predicted octanol–water partition coefficient (Wildman–Crippen LogP) is 5.38. The first-order valence-corrected chi connectivity index (χ1v) is 9.25. The van der Waals surface area contributed by atoms with E-state index < -0.39 is 0 Å². The maximum atomic E-state index is 6.28. The summed E-state index contributed by atoms with van der Waals surface area (Å²) in [4.78, 5) is 2.30. The second-order valence-corrected chi connectivity index (χ2v) is 7.33.